The number of hydrogen-bond acceptors (Lipinski definition) is 4. The van der Waals surface area contributed by atoms with Gasteiger partial charge in [0, 0.05) is 52.8 Å². The molecule has 24 heavy (non-hydrogen) atoms. The van der Waals surface area contributed by atoms with Gasteiger partial charge in [0.1, 0.15) is 11.2 Å². The molecule has 2 aromatic heterocycles. The summed E-state index contributed by atoms with van der Waals surface area (Å²) in [6.45, 7) is 1.01. The monoisotopic (exact) mass is 330 g/mol. The molecule has 1 saturated heterocycles. The molecule has 8 nitrogen and oxygen atoms in total. The first-order chi connectivity index (χ1) is 11.5. The topological polar surface area (TPSA) is 76.3 Å². The number of amides is 2. The molecule has 0 radical (unpaired) electrons. The summed E-state index contributed by atoms with van der Waals surface area (Å²) in [5.41, 5.74) is -0.170. The number of likely N-dealkylation sites (N-methyl/N-ethyl adjacent to an activating group) is 1. The summed E-state index contributed by atoms with van der Waals surface area (Å²) in [6, 6.07) is 3.53. The molecule has 0 unspecified atom stereocenters. The lowest BCUT2D eigenvalue weighted by atomic mass is 9.86. The van der Waals surface area contributed by atoms with Crippen molar-refractivity contribution < 1.29 is 9.59 Å². The largest absolute Gasteiger partial charge is 0.347 e. The molecule has 2 aromatic rings. The highest BCUT2D eigenvalue weighted by molar-refractivity contribution is 5.93. The first-order valence-electron chi connectivity index (χ1n) is 7.95. The van der Waals surface area contributed by atoms with E-state index in [1.54, 1.807) is 58.8 Å². The fraction of sp³-hybridized carbons (Fsp3) is 0.500. The number of likely N-dealkylation sites (tertiary alicyclic amines) is 1. The smallest absolute Gasteiger partial charge is 0.272 e. The second-order valence-electron chi connectivity index (χ2n) is 6.31. The van der Waals surface area contributed by atoms with Crippen LogP contribution in [0.5, 0.6) is 0 Å². The molecule has 1 fully saturated rings. The maximum absolute atomic E-state index is 12.8. The van der Waals surface area contributed by atoms with Crippen LogP contribution in [-0.2, 0) is 17.4 Å². The third-order valence-electron chi connectivity index (χ3n) is 4.67. The number of aromatic nitrogens is 4. The van der Waals surface area contributed by atoms with Gasteiger partial charge in [-0.05, 0) is 25.0 Å². The van der Waals surface area contributed by atoms with Crippen LogP contribution >= 0.6 is 0 Å². The zero-order chi connectivity index (χ0) is 17.3. The van der Waals surface area contributed by atoms with Crippen molar-refractivity contribution >= 4 is 11.8 Å². The number of hydrogen-bond donors (Lipinski definition) is 0. The van der Waals surface area contributed by atoms with Crippen LogP contribution in [0.15, 0.2) is 30.7 Å². The highest BCUT2D eigenvalue weighted by Gasteiger charge is 2.45. The highest BCUT2D eigenvalue weighted by atomic mass is 16.2. The fourth-order valence-electron chi connectivity index (χ4n) is 3.30. The Hall–Kier alpha value is -2.64. The third-order valence-corrected chi connectivity index (χ3v) is 4.67. The second kappa shape index (κ2) is 6.10. The maximum Gasteiger partial charge on any atom is 0.272 e. The third kappa shape index (κ3) is 2.57. The Kier molecular flexibility index (Phi) is 4.13. The summed E-state index contributed by atoms with van der Waals surface area (Å²) in [6.07, 6.45) is 6.18. The molecule has 3 heterocycles. The number of piperidine rings is 1. The molecule has 0 N–H and O–H groups in total. The molecule has 8 heteroatoms. The summed E-state index contributed by atoms with van der Waals surface area (Å²) in [7, 11) is 5.25. The van der Waals surface area contributed by atoms with Gasteiger partial charge in [-0.2, -0.15) is 10.2 Å². The van der Waals surface area contributed by atoms with E-state index in [1.807, 2.05) is 12.3 Å². The molecule has 128 valence electrons. The lowest BCUT2D eigenvalue weighted by Crippen LogP contribution is -2.56. The standard InChI is InChI=1S/C16H22N6O2/c1-19(2)15(24)16(22-10-4-8-18-22)6-11-21(12-7-16)14(23)13-5-9-17-20(13)3/h4-5,8-10H,6-7,11-12H2,1-3H3. The predicted molar refractivity (Wildman–Crippen MR) is 87.2 cm³/mol. The van der Waals surface area contributed by atoms with Crippen molar-refractivity contribution in [3.63, 3.8) is 0 Å². The maximum atomic E-state index is 12.8. The van der Waals surface area contributed by atoms with Crippen LogP contribution in [0.4, 0.5) is 0 Å². The van der Waals surface area contributed by atoms with Crippen molar-refractivity contribution in [3.8, 4) is 0 Å². The van der Waals surface area contributed by atoms with Crippen molar-refractivity contribution in [2.45, 2.75) is 18.4 Å². The first kappa shape index (κ1) is 16.2. The summed E-state index contributed by atoms with van der Waals surface area (Å²) < 4.78 is 3.31. The molecule has 1 aliphatic heterocycles. The molecule has 1 aliphatic rings. The summed E-state index contributed by atoms with van der Waals surface area (Å²) in [5.74, 6) is -0.0415. The van der Waals surface area contributed by atoms with Gasteiger partial charge >= 0.3 is 0 Å². The minimum Gasteiger partial charge on any atom is -0.347 e. The minimum absolute atomic E-state index is 0.0128. The normalized spacial score (nSPS) is 16.9. The van der Waals surface area contributed by atoms with Gasteiger partial charge < -0.3 is 9.80 Å². The molecule has 0 spiro atoms. The van der Waals surface area contributed by atoms with Crippen LogP contribution in [0.3, 0.4) is 0 Å². The zero-order valence-electron chi connectivity index (χ0n) is 14.2. The summed E-state index contributed by atoms with van der Waals surface area (Å²) >= 11 is 0. The van der Waals surface area contributed by atoms with Crippen LogP contribution in [0.1, 0.15) is 23.3 Å². The Morgan fingerprint density at radius 2 is 1.88 bits per heavy atom. The number of aryl methyl sites for hydroxylation is 1. The lowest BCUT2D eigenvalue weighted by molar-refractivity contribution is -0.141. The van der Waals surface area contributed by atoms with E-state index >= 15 is 0 Å². The molecule has 0 atom stereocenters. The summed E-state index contributed by atoms with van der Waals surface area (Å²) in [5, 5.41) is 8.35. The molecule has 0 bridgehead atoms. The zero-order valence-corrected chi connectivity index (χ0v) is 14.2. The SMILES string of the molecule is CN(C)C(=O)C1(n2cccn2)CCN(C(=O)c2ccnn2C)CC1. The van der Waals surface area contributed by atoms with E-state index in [0.29, 0.717) is 31.6 Å². The van der Waals surface area contributed by atoms with Gasteiger partial charge in [-0.3, -0.25) is 19.0 Å². The van der Waals surface area contributed by atoms with E-state index in [2.05, 4.69) is 10.2 Å². The van der Waals surface area contributed by atoms with E-state index in [-0.39, 0.29) is 11.8 Å². The molecule has 0 aromatic carbocycles. The average molecular weight is 330 g/mol. The Balaban J connectivity index is 1.82. The second-order valence-corrected chi connectivity index (χ2v) is 6.31. The number of rotatable bonds is 3. The van der Waals surface area contributed by atoms with E-state index in [1.165, 1.54) is 0 Å². The van der Waals surface area contributed by atoms with Crippen LogP contribution in [-0.4, -0.2) is 68.4 Å². The van der Waals surface area contributed by atoms with Gasteiger partial charge in [-0.25, -0.2) is 0 Å². The van der Waals surface area contributed by atoms with E-state index in [0.717, 1.165) is 0 Å². The Morgan fingerprint density at radius 1 is 1.17 bits per heavy atom. The minimum atomic E-state index is -0.726. The predicted octanol–water partition coefficient (Wildman–Crippen LogP) is 0.336. The summed E-state index contributed by atoms with van der Waals surface area (Å²) in [4.78, 5) is 28.8. The highest BCUT2D eigenvalue weighted by Crippen LogP contribution is 2.32. The molecule has 0 saturated carbocycles. The van der Waals surface area contributed by atoms with Crippen molar-refractivity contribution in [2.24, 2.45) is 7.05 Å². The van der Waals surface area contributed by atoms with Crippen molar-refractivity contribution in [3.05, 3.63) is 36.4 Å². The van der Waals surface area contributed by atoms with E-state index < -0.39 is 5.54 Å². The molecular formula is C16H22N6O2. The fourth-order valence-corrected chi connectivity index (χ4v) is 3.30. The average Bonchev–Trinajstić information content (AvgIpc) is 3.25. The van der Waals surface area contributed by atoms with Crippen molar-refractivity contribution in [1.29, 1.82) is 0 Å². The van der Waals surface area contributed by atoms with Crippen LogP contribution in [0.2, 0.25) is 0 Å². The quantitative estimate of drug-likeness (QED) is 0.813. The Bertz CT molecular complexity index is 726. The van der Waals surface area contributed by atoms with Crippen LogP contribution in [0.25, 0.3) is 0 Å². The first-order valence-corrected chi connectivity index (χ1v) is 7.95. The van der Waals surface area contributed by atoms with Gasteiger partial charge in [-0.15, -0.1) is 0 Å². The number of carbonyl (C=O) groups is 2. The van der Waals surface area contributed by atoms with Gasteiger partial charge in [0.15, 0.2) is 0 Å². The van der Waals surface area contributed by atoms with Gasteiger partial charge in [0.25, 0.3) is 5.91 Å². The molecule has 2 amide bonds. The molecular weight excluding hydrogens is 308 g/mol. The molecule has 0 aliphatic carbocycles. The van der Waals surface area contributed by atoms with Crippen molar-refractivity contribution in [2.75, 3.05) is 27.2 Å². The molecule has 3 rings (SSSR count). The lowest BCUT2D eigenvalue weighted by Gasteiger charge is -2.41. The number of nitrogens with zero attached hydrogens (tertiary/aromatic N) is 6. The van der Waals surface area contributed by atoms with Gasteiger partial charge in [0.05, 0.1) is 0 Å². The van der Waals surface area contributed by atoms with Crippen LogP contribution < -0.4 is 0 Å². The number of carbonyl (C=O) groups excluding carboxylic acids is 2. The van der Waals surface area contributed by atoms with Crippen LogP contribution in [0, 0.1) is 0 Å². The van der Waals surface area contributed by atoms with E-state index in [4.69, 9.17) is 0 Å². The Labute approximate surface area is 140 Å². The Morgan fingerprint density at radius 3 is 2.38 bits per heavy atom. The van der Waals surface area contributed by atoms with Crippen molar-refractivity contribution in [1.82, 2.24) is 29.4 Å². The van der Waals surface area contributed by atoms with Gasteiger partial charge in [0.2, 0.25) is 5.91 Å². The van der Waals surface area contributed by atoms with Gasteiger partial charge in [-0.1, -0.05) is 0 Å². The van der Waals surface area contributed by atoms with E-state index in [9.17, 15) is 9.59 Å².